The molecule has 3 rings (SSSR count). The van der Waals surface area contributed by atoms with Crippen LogP contribution in [0.2, 0.25) is 0 Å². The van der Waals surface area contributed by atoms with Gasteiger partial charge < -0.3 is 9.32 Å². The van der Waals surface area contributed by atoms with Crippen molar-refractivity contribution in [3.63, 3.8) is 0 Å². The van der Waals surface area contributed by atoms with E-state index in [0.717, 1.165) is 21.5 Å². The SMILES string of the molecule is CN1C(=O)C(Cc2ccco2)c2cc(Br)ccc21. The van der Waals surface area contributed by atoms with Crippen LogP contribution in [-0.2, 0) is 11.2 Å². The second kappa shape index (κ2) is 4.28. The smallest absolute Gasteiger partial charge is 0.234 e. The fraction of sp³-hybridized carbons (Fsp3) is 0.214. The van der Waals surface area contributed by atoms with E-state index in [-0.39, 0.29) is 11.8 Å². The average Bonchev–Trinajstić information content (AvgIpc) is 2.93. The lowest BCUT2D eigenvalue weighted by Crippen LogP contribution is -2.24. The van der Waals surface area contributed by atoms with Crippen LogP contribution in [0.25, 0.3) is 0 Å². The Balaban J connectivity index is 2.01. The van der Waals surface area contributed by atoms with Gasteiger partial charge in [-0.25, -0.2) is 0 Å². The molecule has 0 saturated carbocycles. The Bertz CT molecular complexity index is 592. The van der Waals surface area contributed by atoms with E-state index in [4.69, 9.17) is 4.42 Å². The molecular weight excluding hydrogens is 294 g/mol. The molecule has 18 heavy (non-hydrogen) atoms. The Labute approximate surface area is 114 Å². The number of hydrogen-bond acceptors (Lipinski definition) is 2. The van der Waals surface area contributed by atoms with E-state index in [1.54, 1.807) is 11.2 Å². The van der Waals surface area contributed by atoms with Crippen LogP contribution >= 0.6 is 15.9 Å². The largest absolute Gasteiger partial charge is 0.469 e. The van der Waals surface area contributed by atoms with Crippen molar-refractivity contribution >= 4 is 27.5 Å². The number of benzene rings is 1. The summed E-state index contributed by atoms with van der Waals surface area (Å²) in [7, 11) is 1.82. The third-order valence-electron chi connectivity index (χ3n) is 3.34. The second-order valence-corrected chi connectivity index (χ2v) is 5.35. The first-order valence-electron chi connectivity index (χ1n) is 5.76. The molecule has 2 aromatic rings. The van der Waals surface area contributed by atoms with Gasteiger partial charge in [0.05, 0.1) is 12.2 Å². The van der Waals surface area contributed by atoms with Gasteiger partial charge in [0.25, 0.3) is 0 Å². The summed E-state index contributed by atoms with van der Waals surface area (Å²) in [6.45, 7) is 0. The van der Waals surface area contributed by atoms with Gasteiger partial charge in [0.2, 0.25) is 5.91 Å². The standard InChI is InChI=1S/C14H12BrNO2/c1-16-13-5-4-9(15)7-11(13)12(14(16)17)8-10-3-2-6-18-10/h2-7,12H,8H2,1H3. The number of fused-ring (bicyclic) bond motifs is 1. The summed E-state index contributed by atoms with van der Waals surface area (Å²) in [6, 6.07) is 9.70. The molecule has 0 bridgehead atoms. The summed E-state index contributed by atoms with van der Waals surface area (Å²) in [6.07, 6.45) is 2.25. The van der Waals surface area contributed by atoms with Crippen LogP contribution in [0.4, 0.5) is 5.69 Å². The summed E-state index contributed by atoms with van der Waals surface area (Å²) in [4.78, 5) is 14.0. The summed E-state index contributed by atoms with van der Waals surface area (Å²) >= 11 is 3.46. The van der Waals surface area contributed by atoms with E-state index >= 15 is 0 Å². The van der Waals surface area contributed by atoms with Crippen LogP contribution in [0.3, 0.4) is 0 Å². The van der Waals surface area contributed by atoms with Crippen LogP contribution in [-0.4, -0.2) is 13.0 Å². The molecule has 4 heteroatoms. The predicted octanol–water partition coefficient (Wildman–Crippen LogP) is 3.34. The minimum absolute atomic E-state index is 0.125. The van der Waals surface area contributed by atoms with E-state index in [1.807, 2.05) is 37.4 Å². The monoisotopic (exact) mass is 305 g/mol. The van der Waals surface area contributed by atoms with Gasteiger partial charge in [-0.2, -0.15) is 0 Å². The van der Waals surface area contributed by atoms with Crippen molar-refractivity contribution in [1.29, 1.82) is 0 Å². The van der Waals surface area contributed by atoms with Crippen molar-refractivity contribution < 1.29 is 9.21 Å². The number of hydrogen-bond donors (Lipinski definition) is 0. The van der Waals surface area contributed by atoms with Crippen molar-refractivity contribution in [3.05, 3.63) is 52.4 Å². The highest BCUT2D eigenvalue weighted by molar-refractivity contribution is 9.10. The molecule has 1 aromatic heterocycles. The van der Waals surface area contributed by atoms with Gasteiger partial charge in [0.15, 0.2) is 0 Å². The highest BCUT2D eigenvalue weighted by Crippen LogP contribution is 2.39. The van der Waals surface area contributed by atoms with E-state index < -0.39 is 0 Å². The second-order valence-electron chi connectivity index (χ2n) is 4.44. The first kappa shape index (κ1) is 11.5. The summed E-state index contributed by atoms with van der Waals surface area (Å²) < 4.78 is 6.34. The molecule has 1 aliphatic heterocycles. The van der Waals surface area contributed by atoms with Gasteiger partial charge in [0.1, 0.15) is 5.76 Å². The molecule has 3 nitrogen and oxygen atoms in total. The minimum Gasteiger partial charge on any atom is -0.469 e. The molecule has 0 radical (unpaired) electrons. The third-order valence-corrected chi connectivity index (χ3v) is 3.83. The number of anilines is 1. The fourth-order valence-corrected chi connectivity index (χ4v) is 2.80. The number of carbonyl (C=O) groups is 1. The minimum atomic E-state index is -0.145. The number of nitrogens with zero attached hydrogens (tertiary/aromatic N) is 1. The lowest BCUT2D eigenvalue weighted by molar-refractivity contribution is -0.119. The molecule has 0 aliphatic carbocycles. The number of likely N-dealkylation sites (N-methyl/N-ethyl adjacent to an activating group) is 1. The number of furan rings is 1. The highest BCUT2D eigenvalue weighted by Gasteiger charge is 2.35. The maximum absolute atomic E-state index is 12.3. The Morgan fingerprint density at radius 1 is 1.39 bits per heavy atom. The molecule has 1 aliphatic rings. The quantitative estimate of drug-likeness (QED) is 0.852. The molecule has 1 unspecified atom stereocenters. The number of carbonyl (C=O) groups excluding carboxylic acids is 1. The maximum Gasteiger partial charge on any atom is 0.234 e. The van der Waals surface area contributed by atoms with Crippen molar-refractivity contribution in [2.75, 3.05) is 11.9 Å². The zero-order chi connectivity index (χ0) is 12.7. The molecule has 0 saturated heterocycles. The zero-order valence-electron chi connectivity index (χ0n) is 9.89. The predicted molar refractivity (Wildman–Crippen MR) is 72.7 cm³/mol. The van der Waals surface area contributed by atoms with Gasteiger partial charge in [-0.1, -0.05) is 15.9 Å². The molecule has 0 fully saturated rings. The van der Waals surface area contributed by atoms with Crippen molar-refractivity contribution in [2.45, 2.75) is 12.3 Å². The van der Waals surface area contributed by atoms with E-state index in [9.17, 15) is 4.79 Å². The Morgan fingerprint density at radius 2 is 2.22 bits per heavy atom. The van der Waals surface area contributed by atoms with Crippen molar-refractivity contribution in [2.24, 2.45) is 0 Å². The molecule has 1 atom stereocenters. The van der Waals surface area contributed by atoms with Crippen molar-refractivity contribution in [1.82, 2.24) is 0 Å². The molecular formula is C14H12BrNO2. The van der Waals surface area contributed by atoms with Gasteiger partial charge in [-0.3, -0.25) is 4.79 Å². The van der Waals surface area contributed by atoms with Gasteiger partial charge in [-0.05, 0) is 35.9 Å². The van der Waals surface area contributed by atoms with Crippen LogP contribution in [0.15, 0.2) is 45.5 Å². The topological polar surface area (TPSA) is 33.5 Å². The van der Waals surface area contributed by atoms with Gasteiger partial charge in [-0.15, -0.1) is 0 Å². The van der Waals surface area contributed by atoms with E-state index in [1.165, 1.54) is 0 Å². The molecule has 1 amide bonds. The normalized spacial score (nSPS) is 18.2. The molecule has 0 N–H and O–H groups in total. The molecule has 2 heterocycles. The molecule has 1 aromatic carbocycles. The van der Waals surface area contributed by atoms with Gasteiger partial charge in [0, 0.05) is 23.6 Å². The van der Waals surface area contributed by atoms with Crippen LogP contribution < -0.4 is 4.90 Å². The summed E-state index contributed by atoms with van der Waals surface area (Å²) in [5, 5.41) is 0. The molecule has 92 valence electrons. The van der Waals surface area contributed by atoms with Crippen LogP contribution in [0, 0.1) is 0 Å². The highest BCUT2D eigenvalue weighted by atomic mass is 79.9. The first-order chi connectivity index (χ1) is 8.66. The Kier molecular flexibility index (Phi) is 2.74. The number of halogens is 1. The molecule has 0 spiro atoms. The third kappa shape index (κ3) is 1.77. The summed E-state index contributed by atoms with van der Waals surface area (Å²) in [5.41, 5.74) is 2.05. The number of amides is 1. The summed E-state index contributed by atoms with van der Waals surface area (Å²) in [5.74, 6) is 0.822. The maximum atomic E-state index is 12.3. The van der Waals surface area contributed by atoms with E-state index in [2.05, 4.69) is 15.9 Å². The Morgan fingerprint density at radius 3 is 2.94 bits per heavy atom. The average molecular weight is 306 g/mol. The number of rotatable bonds is 2. The first-order valence-corrected chi connectivity index (χ1v) is 6.55. The van der Waals surface area contributed by atoms with Crippen molar-refractivity contribution in [3.8, 4) is 0 Å². The van der Waals surface area contributed by atoms with Crippen LogP contribution in [0.1, 0.15) is 17.2 Å². The lowest BCUT2D eigenvalue weighted by Gasteiger charge is -2.10. The van der Waals surface area contributed by atoms with Crippen LogP contribution in [0.5, 0.6) is 0 Å². The zero-order valence-corrected chi connectivity index (χ0v) is 11.5. The van der Waals surface area contributed by atoms with E-state index in [0.29, 0.717) is 6.42 Å². The van der Waals surface area contributed by atoms with Gasteiger partial charge >= 0.3 is 0 Å². The Hall–Kier alpha value is -1.55. The lowest BCUT2D eigenvalue weighted by atomic mass is 9.96. The fourth-order valence-electron chi connectivity index (χ4n) is 2.42.